The van der Waals surface area contributed by atoms with Crippen molar-refractivity contribution in [2.45, 2.75) is 59.6 Å². The molecule has 0 heterocycles. The molecule has 0 spiro atoms. The SMILES string of the molecule is CCCOC(CNC(C)(C)C)C(C)C. The highest BCUT2D eigenvalue weighted by Crippen LogP contribution is 2.08. The third-order valence-corrected chi connectivity index (χ3v) is 2.11. The Labute approximate surface area is 89.4 Å². The van der Waals surface area contributed by atoms with Crippen molar-refractivity contribution in [3.05, 3.63) is 0 Å². The number of nitrogens with one attached hydrogen (secondary N) is 1. The lowest BCUT2D eigenvalue weighted by Gasteiger charge is -2.27. The standard InChI is InChI=1S/C12H27NO/c1-7-8-14-11(10(2)3)9-13-12(4,5)6/h10-11,13H,7-9H2,1-6H3. The molecule has 0 saturated heterocycles. The first-order valence-corrected chi connectivity index (χ1v) is 5.73. The molecule has 0 saturated carbocycles. The topological polar surface area (TPSA) is 21.3 Å². The van der Waals surface area contributed by atoms with Crippen molar-refractivity contribution in [2.24, 2.45) is 5.92 Å². The van der Waals surface area contributed by atoms with E-state index in [9.17, 15) is 0 Å². The molecule has 2 nitrogen and oxygen atoms in total. The summed E-state index contributed by atoms with van der Waals surface area (Å²) in [7, 11) is 0. The third-order valence-electron chi connectivity index (χ3n) is 2.11. The second kappa shape index (κ2) is 6.41. The van der Waals surface area contributed by atoms with Crippen LogP contribution in [0.15, 0.2) is 0 Å². The first-order chi connectivity index (χ1) is 6.37. The van der Waals surface area contributed by atoms with Crippen LogP contribution >= 0.6 is 0 Å². The van der Waals surface area contributed by atoms with Gasteiger partial charge in [-0.1, -0.05) is 20.8 Å². The van der Waals surface area contributed by atoms with Crippen molar-refractivity contribution < 1.29 is 4.74 Å². The quantitative estimate of drug-likeness (QED) is 0.713. The molecule has 14 heavy (non-hydrogen) atoms. The van der Waals surface area contributed by atoms with Crippen LogP contribution in [0.1, 0.15) is 48.0 Å². The summed E-state index contributed by atoms with van der Waals surface area (Å²) in [4.78, 5) is 0. The van der Waals surface area contributed by atoms with Gasteiger partial charge in [0.2, 0.25) is 0 Å². The minimum atomic E-state index is 0.183. The van der Waals surface area contributed by atoms with Gasteiger partial charge in [0.1, 0.15) is 0 Å². The van der Waals surface area contributed by atoms with Gasteiger partial charge in [-0.15, -0.1) is 0 Å². The fraction of sp³-hybridized carbons (Fsp3) is 1.00. The Kier molecular flexibility index (Phi) is 6.38. The number of hydrogen-bond acceptors (Lipinski definition) is 2. The first-order valence-electron chi connectivity index (χ1n) is 5.73. The highest BCUT2D eigenvalue weighted by atomic mass is 16.5. The van der Waals surface area contributed by atoms with Gasteiger partial charge in [0, 0.05) is 18.7 Å². The summed E-state index contributed by atoms with van der Waals surface area (Å²) >= 11 is 0. The average molecular weight is 201 g/mol. The van der Waals surface area contributed by atoms with Crippen LogP contribution in [-0.2, 0) is 4.74 Å². The fourth-order valence-corrected chi connectivity index (χ4v) is 1.16. The van der Waals surface area contributed by atoms with E-state index in [0.717, 1.165) is 19.6 Å². The molecule has 1 unspecified atom stereocenters. The second-order valence-corrected chi connectivity index (χ2v) is 5.28. The van der Waals surface area contributed by atoms with E-state index >= 15 is 0 Å². The van der Waals surface area contributed by atoms with Gasteiger partial charge in [-0.2, -0.15) is 0 Å². The zero-order chi connectivity index (χ0) is 11.2. The van der Waals surface area contributed by atoms with Gasteiger partial charge in [-0.3, -0.25) is 0 Å². The van der Waals surface area contributed by atoms with Gasteiger partial charge in [-0.25, -0.2) is 0 Å². The second-order valence-electron chi connectivity index (χ2n) is 5.28. The summed E-state index contributed by atoms with van der Waals surface area (Å²) in [5, 5.41) is 3.49. The highest BCUT2D eigenvalue weighted by molar-refractivity contribution is 4.75. The van der Waals surface area contributed by atoms with Gasteiger partial charge in [-0.05, 0) is 33.1 Å². The number of rotatable bonds is 6. The minimum Gasteiger partial charge on any atom is -0.377 e. The van der Waals surface area contributed by atoms with Crippen LogP contribution in [0.3, 0.4) is 0 Å². The van der Waals surface area contributed by atoms with Crippen LogP contribution < -0.4 is 5.32 Å². The molecule has 0 aromatic rings. The maximum atomic E-state index is 5.79. The zero-order valence-corrected chi connectivity index (χ0v) is 10.7. The van der Waals surface area contributed by atoms with Crippen molar-refractivity contribution in [3.63, 3.8) is 0 Å². The molecular formula is C12H27NO. The lowest BCUT2D eigenvalue weighted by Crippen LogP contribution is -2.43. The van der Waals surface area contributed by atoms with Crippen molar-refractivity contribution in [3.8, 4) is 0 Å². The molecule has 0 aromatic carbocycles. The Morgan fingerprint density at radius 2 is 1.79 bits per heavy atom. The molecule has 0 rings (SSSR count). The number of ether oxygens (including phenoxy) is 1. The molecule has 0 fully saturated rings. The molecule has 0 aromatic heterocycles. The molecule has 0 aliphatic heterocycles. The molecule has 1 atom stereocenters. The Hall–Kier alpha value is -0.0800. The monoisotopic (exact) mass is 201 g/mol. The largest absolute Gasteiger partial charge is 0.377 e. The molecule has 0 aliphatic rings. The van der Waals surface area contributed by atoms with Crippen LogP contribution in [0.5, 0.6) is 0 Å². The van der Waals surface area contributed by atoms with Crippen molar-refractivity contribution in [1.29, 1.82) is 0 Å². The van der Waals surface area contributed by atoms with Crippen LogP contribution in [0.4, 0.5) is 0 Å². The van der Waals surface area contributed by atoms with Crippen LogP contribution in [-0.4, -0.2) is 24.8 Å². The lowest BCUT2D eigenvalue weighted by molar-refractivity contribution is 0.0196. The van der Waals surface area contributed by atoms with Crippen LogP contribution in [0.25, 0.3) is 0 Å². The summed E-state index contributed by atoms with van der Waals surface area (Å²) in [6.45, 7) is 14.9. The summed E-state index contributed by atoms with van der Waals surface area (Å²) in [6, 6.07) is 0. The van der Waals surface area contributed by atoms with Crippen LogP contribution in [0.2, 0.25) is 0 Å². The Balaban J connectivity index is 3.85. The van der Waals surface area contributed by atoms with Gasteiger partial charge in [0.25, 0.3) is 0 Å². The highest BCUT2D eigenvalue weighted by Gasteiger charge is 2.17. The Bertz CT molecular complexity index is 138. The molecule has 0 radical (unpaired) electrons. The minimum absolute atomic E-state index is 0.183. The van der Waals surface area contributed by atoms with E-state index in [0.29, 0.717) is 12.0 Å². The van der Waals surface area contributed by atoms with E-state index in [1.807, 2.05) is 0 Å². The maximum Gasteiger partial charge on any atom is 0.0722 e. The van der Waals surface area contributed by atoms with E-state index in [4.69, 9.17) is 4.74 Å². The van der Waals surface area contributed by atoms with Crippen molar-refractivity contribution in [2.75, 3.05) is 13.2 Å². The summed E-state index contributed by atoms with van der Waals surface area (Å²) < 4.78 is 5.79. The van der Waals surface area contributed by atoms with Gasteiger partial charge in [0.05, 0.1) is 6.10 Å². The molecule has 0 aliphatic carbocycles. The molecule has 0 bridgehead atoms. The average Bonchev–Trinajstić information content (AvgIpc) is 2.01. The predicted molar refractivity (Wildman–Crippen MR) is 62.6 cm³/mol. The number of hydrogen-bond donors (Lipinski definition) is 1. The molecule has 2 heteroatoms. The third kappa shape index (κ3) is 7.34. The summed E-state index contributed by atoms with van der Waals surface area (Å²) in [6.07, 6.45) is 1.44. The van der Waals surface area contributed by atoms with Crippen molar-refractivity contribution in [1.82, 2.24) is 5.32 Å². The summed E-state index contributed by atoms with van der Waals surface area (Å²) in [5.74, 6) is 0.580. The van der Waals surface area contributed by atoms with Crippen molar-refractivity contribution >= 4 is 0 Å². The molecular weight excluding hydrogens is 174 g/mol. The van der Waals surface area contributed by atoms with Crippen LogP contribution in [0, 0.1) is 5.92 Å². The smallest absolute Gasteiger partial charge is 0.0722 e. The summed E-state index contributed by atoms with van der Waals surface area (Å²) in [5.41, 5.74) is 0.183. The molecule has 0 amide bonds. The van der Waals surface area contributed by atoms with E-state index in [1.165, 1.54) is 0 Å². The van der Waals surface area contributed by atoms with E-state index in [-0.39, 0.29) is 5.54 Å². The first kappa shape index (κ1) is 13.9. The van der Waals surface area contributed by atoms with E-state index in [1.54, 1.807) is 0 Å². The normalized spacial score (nSPS) is 14.8. The van der Waals surface area contributed by atoms with Gasteiger partial charge >= 0.3 is 0 Å². The maximum absolute atomic E-state index is 5.79. The fourth-order valence-electron chi connectivity index (χ4n) is 1.16. The molecule has 86 valence electrons. The predicted octanol–water partition coefficient (Wildman–Crippen LogP) is 2.83. The van der Waals surface area contributed by atoms with Gasteiger partial charge < -0.3 is 10.1 Å². The van der Waals surface area contributed by atoms with E-state index < -0.39 is 0 Å². The lowest BCUT2D eigenvalue weighted by atomic mass is 10.0. The zero-order valence-electron chi connectivity index (χ0n) is 10.7. The molecule has 1 N–H and O–H groups in total. The van der Waals surface area contributed by atoms with E-state index in [2.05, 4.69) is 46.9 Å². The Morgan fingerprint density at radius 1 is 1.21 bits per heavy atom. The Morgan fingerprint density at radius 3 is 2.14 bits per heavy atom. The van der Waals surface area contributed by atoms with Gasteiger partial charge in [0.15, 0.2) is 0 Å².